The van der Waals surface area contributed by atoms with E-state index in [0.29, 0.717) is 0 Å². The molecule has 2 aliphatic heterocycles. The summed E-state index contributed by atoms with van der Waals surface area (Å²) in [6, 6.07) is 4.91. The van der Waals surface area contributed by atoms with Crippen molar-refractivity contribution in [1.82, 2.24) is 4.90 Å². The van der Waals surface area contributed by atoms with Gasteiger partial charge in [0.25, 0.3) is 0 Å². The molecule has 0 saturated heterocycles. The molecule has 0 radical (unpaired) electrons. The van der Waals surface area contributed by atoms with Crippen LogP contribution in [0.3, 0.4) is 0 Å². The zero-order valence-electron chi connectivity index (χ0n) is 14.9. The molecule has 1 aliphatic carbocycles. The first-order valence-corrected chi connectivity index (χ1v) is 8.55. The van der Waals surface area contributed by atoms with E-state index in [2.05, 4.69) is 35.5 Å². The summed E-state index contributed by atoms with van der Waals surface area (Å²) in [6.07, 6.45) is 6.88. The number of allylic oxidation sites excluding steroid dienone is 2. The Hall–Kier alpha value is -2.33. The first kappa shape index (κ1) is 16.2. The third kappa shape index (κ3) is 2.61. The van der Waals surface area contributed by atoms with Gasteiger partial charge in [0.15, 0.2) is 0 Å². The normalized spacial score (nSPS) is 32.6. The van der Waals surface area contributed by atoms with Gasteiger partial charge in [-0.25, -0.2) is 4.39 Å². The van der Waals surface area contributed by atoms with Gasteiger partial charge in [0.2, 0.25) is 0 Å². The van der Waals surface area contributed by atoms with Crippen LogP contribution in [0.2, 0.25) is 0 Å². The number of benzene rings is 1. The predicted molar refractivity (Wildman–Crippen MR) is 101 cm³/mol. The number of hydrogen-bond donors (Lipinski definition) is 0. The third-order valence-corrected chi connectivity index (χ3v) is 5.23. The van der Waals surface area contributed by atoms with E-state index in [0.717, 1.165) is 46.8 Å². The minimum absolute atomic E-state index is 0.138. The van der Waals surface area contributed by atoms with Crippen molar-refractivity contribution >= 4 is 17.1 Å². The third-order valence-electron chi connectivity index (χ3n) is 5.23. The second-order valence-electron chi connectivity index (χ2n) is 7.52. The molecule has 1 saturated carbocycles. The lowest BCUT2D eigenvalue weighted by atomic mass is 9.91. The van der Waals surface area contributed by atoms with E-state index in [1.807, 2.05) is 26.4 Å². The molecule has 2 unspecified atom stereocenters. The molecule has 2 atom stereocenters. The van der Waals surface area contributed by atoms with Crippen molar-refractivity contribution in [2.45, 2.75) is 18.8 Å². The highest BCUT2D eigenvalue weighted by Gasteiger charge is 2.64. The van der Waals surface area contributed by atoms with Crippen LogP contribution >= 0.6 is 0 Å². The summed E-state index contributed by atoms with van der Waals surface area (Å²) >= 11 is 0. The van der Waals surface area contributed by atoms with Crippen molar-refractivity contribution in [2.75, 3.05) is 20.6 Å². The van der Waals surface area contributed by atoms with E-state index in [9.17, 15) is 4.39 Å². The van der Waals surface area contributed by atoms with Crippen LogP contribution in [-0.4, -0.2) is 37.0 Å². The summed E-state index contributed by atoms with van der Waals surface area (Å²) in [5, 5.41) is 0. The molecule has 4 heteroatoms. The molecule has 0 N–H and O–H groups in total. The maximum Gasteiger partial charge on any atom is 0.125 e. The Balaban J connectivity index is 1.67. The average Bonchev–Trinajstić information content (AvgIpc) is 2.99. The minimum Gasteiger partial charge on any atom is -0.305 e. The van der Waals surface area contributed by atoms with Crippen LogP contribution in [0, 0.1) is 11.7 Å². The number of nitrogens with zero attached hydrogens (tertiary/aromatic N) is 3. The fraction of sp³-hybridized carbons (Fsp3) is 0.333. The number of likely N-dealkylation sites (N-methyl/N-ethyl adjacent to an activating group) is 1. The minimum atomic E-state index is -0.234. The van der Waals surface area contributed by atoms with E-state index in [1.54, 1.807) is 0 Å². The molecule has 0 amide bonds. The van der Waals surface area contributed by atoms with E-state index in [-0.39, 0.29) is 17.2 Å². The number of hydrogen-bond acceptors (Lipinski definition) is 3. The molecule has 4 rings (SSSR count). The topological polar surface area (TPSA) is 28.0 Å². The molecule has 0 spiro atoms. The summed E-state index contributed by atoms with van der Waals surface area (Å²) in [7, 11) is 4.09. The Morgan fingerprint density at radius 3 is 2.88 bits per heavy atom. The zero-order valence-corrected chi connectivity index (χ0v) is 14.9. The molecular weight excluding hydrogens is 313 g/mol. The summed E-state index contributed by atoms with van der Waals surface area (Å²) in [5.74, 6) is -0.0341. The van der Waals surface area contributed by atoms with Gasteiger partial charge in [0, 0.05) is 36.0 Å². The highest BCUT2D eigenvalue weighted by atomic mass is 19.1. The first-order chi connectivity index (χ1) is 11.9. The predicted octanol–water partition coefficient (Wildman–Crippen LogP) is 4.20. The van der Waals surface area contributed by atoms with Crippen molar-refractivity contribution in [3.63, 3.8) is 0 Å². The van der Waals surface area contributed by atoms with Crippen molar-refractivity contribution in [3.05, 3.63) is 65.7 Å². The summed E-state index contributed by atoms with van der Waals surface area (Å²) in [5.41, 5.74) is 6.15. The standard InChI is InChI=1S/C21H22FN3/c1-13-5-6-14(12-25(3)4)11-23-18(9-13)19-20-21(19,2)16-8-7-15(22)10-17(16)24-20/h5-8,10-11,19H,1,9,12H2,2-4H3/b6-5-,14-11+,23-18+. The molecule has 0 bridgehead atoms. The smallest absolute Gasteiger partial charge is 0.125 e. The molecule has 1 aromatic carbocycles. The van der Waals surface area contributed by atoms with E-state index in [4.69, 9.17) is 4.99 Å². The fourth-order valence-electron chi connectivity index (χ4n) is 3.96. The Labute approximate surface area is 148 Å². The van der Waals surface area contributed by atoms with Gasteiger partial charge in [-0.2, -0.15) is 0 Å². The number of aliphatic imine (C=N–C) groups is 2. The molecular formula is C21H22FN3. The lowest BCUT2D eigenvalue weighted by Gasteiger charge is -2.15. The fourth-order valence-corrected chi connectivity index (χ4v) is 3.96. The molecule has 3 aliphatic rings. The SMILES string of the molecule is C=C1\C=C/C(CN(C)C)=C\N=C(\C2C3=Nc4cc(F)ccc4C32C)C1. The van der Waals surface area contributed by atoms with Crippen LogP contribution < -0.4 is 0 Å². The van der Waals surface area contributed by atoms with Crippen molar-refractivity contribution in [1.29, 1.82) is 0 Å². The van der Waals surface area contributed by atoms with Gasteiger partial charge < -0.3 is 4.90 Å². The zero-order chi connectivity index (χ0) is 17.8. The Morgan fingerprint density at radius 2 is 2.12 bits per heavy atom. The Bertz CT molecular complexity index is 888. The average molecular weight is 335 g/mol. The first-order valence-electron chi connectivity index (χ1n) is 8.55. The monoisotopic (exact) mass is 335 g/mol. The quantitative estimate of drug-likeness (QED) is 0.813. The van der Waals surface area contributed by atoms with E-state index >= 15 is 0 Å². The van der Waals surface area contributed by atoms with Gasteiger partial charge in [-0.3, -0.25) is 9.98 Å². The Kier molecular flexibility index (Phi) is 3.62. The van der Waals surface area contributed by atoms with Crippen molar-refractivity contribution in [2.24, 2.45) is 15.9 Å². The molecule has 1 aromatic rings. The van der Waals surface area contributed by atoms with Gasteiger partial charge in [-0.15, -0.1) is 0 Å². The molecule has 2 heterocycles. The summed E-state index contributed by atoms with van der Waals surface area (Å²) in [4.78, 5) is 11.6. The number of fused-ring (bicyclic) bond motifs is 3. The lowest BCUT2D eigenvalue weighted by Crippen LogP contribution is -2.16. The highest BCUT2D eigenvalue weighted by molar-refractivity contribution is 6.30. The van der Waals surface area contributed by atoms with Gasteiger partial charge in [-0.1, -0.05) is 24.8 Å². The molecule has 0 aromatic heterocycles. The van der Waals surface area contributed by atoms with Crippen LogP contribution in [0.4, 0.5) is 10.1 Å². The molecule has 25 heavy (non-hydrogen) atoms. The van der Waals surface area contributed by atoms with Crippen LogP contribution in [0.15, 0.2) is 64.3 Å². The molecule has 3 nitrogen and oxygen atoms in total. The largest absolute Gasteiger partial charge is 0.305 e. The Morgan fingerprint density at radius 1 is 1.32 bits per heavy atom. The second-order valence-corrected chi connectivity index (χ2v) is 7.52. The summed E-state index contributed by atoms with van der Waals surface area (Å²) in [6.45, 7) is 7.19. The molecule has 128 valence electrons. The van der Waals surface area contributed by atoms with E-state index < -0.39 is 0 Å². The maximum absolute atomic E-state index is 13.5. The van der Waals surface area contributed by atoms with Gasteiger partial charge in [-0.05, 0) is 49.9 Å². The summed E-state index contributed by atoms with van der Waals surface area (Å²) < 4.78 is 13.5. The van der Waals surface area contributed by atoms with Crippen molar-refractivity contribution < 1.29 is 4.39 Å². The number of halogens is 1. The van der Waals surface area contributed by atoms with Gasteiger partial charge >= 0.3 is 0 Å². The lowest BCUT2D eigenvalue weighted by molar-refractivity contribution is 0.448. The van der Waals surface area contributed by atoms with Crippen LogP contribution in [0.5, 0.6) is 0 Å². The van der Waals surface area contributed by atoms with Gasteiger partial charge in [0.05, 0.1) is 11.6 Å². The van der Waals surface area contributed by atoms with E-state index in [1.165, 1.54) is 12.1 Å². The molecule has 1 fully saturated rings. The van der Waals surface area contributed by atoms with Crippen LogP contribution in [0.25, 0.3) is 0 Å². The van der Waals surface area contributed by atoms with Gasteiger partial charge in [0.1, 0.15) is 5.82 Å². The highest BCUT2D eigenvalue weighted by Crippen LogP contribution is 2.60. The second kappa shape index (κ2) is 5.60. The van der Waals surface area contributed by atoms with Crippen LogP contribution in [-0.2, 0) is 5.41 Å². The number of rotatable bonds is 3. The van der Waals surface area contributed by atoms with Crippen molar-refractivity contribution in [3.8, 4) is 0 Å². The van der Waals surface area contributed by atoms with Crippen LogP contribution in [0.1, 0.15) is 18.9 Å². The maximum atomic E-state index is 13.5.